The van der Waals surface area contributed by atoms with Gasteiger partial charge in [0.1, 0.15) is 22.8 Å². The summed E-state index contributed by atoms with van der Waals surface area (Å²) in [5.74, 6) is -6.13. The predicted molar refractivity (Wildman–Crippen MR) is 115 cm³/mol. The van der Waals surface area contributed by atoms with Crippen LogP contribution in [0.4, 0.5) is 5.69 Å². The average Bonchev–Trinajstić information content (AvgIpc) is 2.70. The number of fused-ring (bicyclic) bond motifs is 3. The number of nitrogens with zero attached hydrogens (tertiary/aromatic N) is 1. The zero-order valence-corrected chi connectivity index (χ0v) is 18.1. The number of allylic oxidation sites excluding steroid dienone is 2. The lowest BCUT2D eigenvalue weighted by atomic mass is 9.60. The number of primary amides is 1. The van der Waals surface area contributed by atoms with Crippen LogP contribution in [0.2, 0.25) is 0 Å². The lowest BCUT2D eigenvalue weighted by Crippen LogP contribution is -2.57. The number of phenolic OH excluding ortho intramolecular Hbond substituents is 1. The molecule has 0 unspecified atom stereocenters. The number of anilines is 1. The van der Waals surface area contributed by atoms with E-state index in [1.807, 2.05) is 32.0 Å². The number of aliphatic hydroxyl groups is 3. The molecule has 6 N–H and O–H groups in total. The molecule has 3 aliphatic carbocycles. The number of amides is 1. The number of phenols is 1. The van der Waals surface area contributed by atoms with E-state index < -0.39 is 52.0 Å². The maximum Gasteiger partial charge on any atom is 0.255 e. The summed E-state index contributed by atoms with van der Waals surface area (Å²) in [7, 11) is 3.65. The van der Waals surface area contributed by atoms with E-state index >= 15 is 0 Å². The summed E-state index contributed by atoms with van der Waals surface area (Å²) in [6.45, 7) is 1.84. The van der Waals surface area contributed by atoms with E-state index in [9.17, 15) is 34.8 Å². The Balaban J connectivity index is 1.95. The topological polar surface area (TPSA) is 161 Å². The Kier molecular flexibility index (Phi) is 4.85. The van der Waals surface area contributed by atoms with Crippen molar-refractivity contribution in [2.45, 2.75) is 38.2 Å². The van der Waals surface area contributed by atoms with Gasteiger partial charge in [-0.1, -0.05) is 6.92 Å². The van der Waals surface area contributed by atoms with Crippen molar-refractivity contribution in [3.63, 3.8) is 0 Å². The van der Waals surface area contributed by atoms with E-state index in [1.165, 1.54) is 0 Å². The first-order valence-corrected chi connectivity index (χ1v) is 10.5. The van der Waals surface area contributed by atoms with Gasteiger partial charge in [-0.2, -0.15) is 0 Å². The number of aryl methyl sites for hydroxylation is 1. The molecule has 0 aromatic heterocycles. The highest BCUT2D eigenvalue weighted by atomic mass is 16.3. The van der Waals surface area contributed by atoms with Gasteiger partial charge in [-0.05, 0) is 42.4 Å². The molecular formula is C23H26N2O7. The summed E-state index contributed by atoms with van der Waals surface area (Å²) in [5, 5.41) is 43.3. The number of hydrogen-bond acceptors (Lipinski definition) is 8. The minimum absolute atomic E-state index is 0.0460. The zero-order chi connectivity index (χ0) is 23.7. The normalized spacial score (nSPS) is 27.1. The van der Waals surface area contributed by atoms with E-state index in [2.05, 4.69) is 0 Å². The lowest BCUT2D eigenvalue weighted by Gasteiger charge is -2.46. The summed E-state index contributed by atoms with van der Waals surface area (Å²) in [6.07, 6.45) is 0.639. The summed E-state index contributed by atoms with van der Waals surface area (Å²) < 4.78 is 0. The smallest absolute Gasteiger partial charge is 0.255 e. The predicted octanol–water partition coefficient (Wildman–Crippen LogP) is 1.21. The van der Waals surface area contributed by atoms with Crippen molar-refractivity contribution in [1.82, 2.24) is 0 Å². The monoisotopic (exact) mass is 442 g/mol. The summed E-state index contributed by atoms with van der Waals surface area (Å²) >= 11 is 0. The van der Waals surface area contributed by atoms with E-state index in [1.54, 1.807) is 0 Å². The van der Waals surface area contributed by atoms with Gasteiger partial charge in [0.2, 0.25) is 5.78 Å². The fraction of sp³-hybridized carbons (Fsp3) is 0.435. The Hall–Kier alpha value is -3.33. The van der Waals surface area contributed by atoms with Crippen molar-refractivity contribution >= 4 is 23.2 Å². The first-order valence-electron chi connectivity index (χ1n) is 10.5. The van der Waals surface area contributed by atoms with Crippen LogP contribution in [0.5, 0.6) is 5.75 Å². The van der Waals surface area contributed by atoms with Gasteiger partial charge < -0.3 is 31.1 Å². The molecule has 32 heavy (non-hydrogen) atoms. The van der Waals surface area contributed by atoms with Gasteiger partial charge in [-0.3, -0.25) is 14.4 Å². The number of carbonyl (C=O) groups is 3. The number of aliphatic hydroxyl groups excluding tert-OH is 2. The van der Waals surface area contributed by atoms with Gasteiger partial charge in [0.25, 0.3) is 5.91 Å². The van der Waals surface area contributed by atoms with Gasteiger partial charge >= 0.3 is 0 Å². The molecule has 3 aliphatic rings. The number of ketones is 2. The average molecular weight is 442 g/mol. The minimum Gasteiger partial charge on any atom is -0.511 e. The molecule has 9 heteroatoms. The highest BCUT2D eigenvalue weighted by Gasteiger charge is 2.59. The largest absolute Gasteiger partial charge is 0.511 e. The van der Waals surface area contributed by atoms with Crippen LogP contribution in [0.1, 0.15) is 41.3 Å². The maximum atomic E-state index is 13.6. The fourth-order valence-corrected chi connectivity index (χ4v) is 5.39. The van der Waals surface area contributed by atoms with E-state index in [0.29, 0.717) is 24.0 Å². The van der Waals surface area contributed by atoms with Crippen LogP contribution >= 0.6 is 0 Å². The van der Waals surface area contributed by atoms with Gasteiger partial charge in [0.05, 0.1) is 5.56 Å². The van der Waals surface area contributed by atoms with E-state index in [-0.39, 0.29) is 29.7 Å². The highest BCUT2D eigenvalue weighted by Crippen LogP contribution is 2.52. The second-order valence-corrected chi connectivity index (χ2v) is 8.92. The molecule has 170 valence electrons. The number of rotatable bonds is 3. The summed E-state index contributed by atoms with van der Waals surface area (Å²) in [4.78, 5) is 40.0. The standard InChI is InChI=1S/C23H26N2O7/c1-4-9-7-13(25(2)3)12-6-10-5-11-8-14(26)17(22(24)31)21(30)23(11,32)20(29)15(10)19(28)16(12)18(9)27/h7,10-11,26-27,29,32H,4-6,8H2,1-3H3,(H2,24,31)/t10-,11+,23+/m1/s1. The summed E-state index contributed by atoms with van der Waals surface area (Å²) in [6, 6.07) is 1.83. The third-order valence-corrected chi connectivity index (χ3v) is 6.98. The molecule has 0 spiro atoms. The van der Waals surface area contributed by atoms with Crippen molar-refractivity contribution in [1.29, 1.82) is 0 Å². The van der Waals surface area contributed by atoms with Crippen LogP contribution in [-0.4, -0.2) is 57.6 Å². The summed E-state index contributed by atoms with van der Waals surface area (Å²) in [5.41, 5.74) is 3.73. The molecule has 0 saturated carbocycles. The molecule has 1 amide bonds. The van der Waals surface area contributed by atoms with E-state index in [0.717, 1.165) is 5.69 Å². The molecule has 0 heterocycles. The molecule has 9 nitrogen and oxygen atoms in total. The molecule has 1 aromatic carbocycles. The Bertz CT molecular complexity index is 1150. The SMILES string of the molecule is CCc1cc(N(C)C)c2c(c1O)C(=O)C1=C(O)[C@]3(O)C(=O)C(C(N)=O)=C(O)C[C@@H]3C[C@@H]1C2. The number of carbonyl (C=O) groups excluding carboxylic acids is 3. The van der Waals surface area contributed by atoms with Gasteiger partial charge in [0.15, 0.2) is 11.4 Å². The number of aromatic hydroxyl groups is 1. The molecule has 0 bridgehead atoms. The number of hydrogen-bond donors (Lipinski definition) is 5. The maximum absolute atomic E-state index is 13.6. The Morgan fingerprint density at radius 1 is 1.22 bits per heavy atom. The Morgan fingerprint density at radius 3 is 2.44 bits per heavy atom. The van der Waals surface area contributed by atoms with Gasteiger partial charge in [-0.25, -0.2) is 0 Å². The van der Waals surface area contributed by atoms with Crippen molar-refractivity contribution in [3.8, 4) is 5.75 Å². The fourth-order valence-electron chi connectivity index (χ4n) is 5.39. The van der Waals surface area contributed by atoms with E-state index in [4.69, 9.17) is 5.73 Å². The number of Topliss-reactive ketones (excluding diaryl/α,β-unsaturated/α-hetero) is 2. The van der Waals surface area contributed by atoms with Crippen LogP contribution in [-0.2, 0) is 22.4 Å². The lowest BCUT2D eigenvalue weighted by molar-refractivity contribution is -0.144. The van der Waals surface area contributed by atoms with Crippen LogP contribution in [0.15, 0.2) is 28.7 Å². The number of benzene rings is 1. The molecule has 0 radical (unpaired) electrons. The van der Waals surface area contributed by atoms with Crippen molar-refractivity contribution in [3.05, 3.63) is 45.4 Å². The third-order valence-electron chi connectivity index (χ3n) is 6.98. The van der Waals surface area contributed by atoms with Crippen LogP contribution < -0.4 is 10.6 Å². The van der Waals surface area contributed by atoms with Gasteiger partial charge in [0, 0.05) is 37.7 Å². The van der Waals surface area contributed by atoms with Gasteiger partial charge in [-0.15, -0.1) is 0 Å². The first-order chi connectivity index (χ1) is 14.9. The second kappa shape index (κ2) is 7.09. The molecule has 0 saturated heterocycles. The molecule has 0 fully saturated rings. The van der Waals surface area contributed by atoms with Crippen molar-refractivity contribution < 1.29 is 34.8 Å². The first kappa shape index (κ1) is 21.9. The number of nitrogens with two attached hydrogens (primary N) is 1. The second-order valence-electron chi connectivity index (χ2n) is 8.92. The Morgan fingerprint density at radius 2 is 1.88 bits per heavy atom. The molecule has 3 atom stereocenters. The molecular weight excluding hydrogens is 416 g/mol. The van der Waals surface area contributed by atoms with Crippen LogP contribution in [0, 0.1) is 11.8 Å². The molecule has 0 aliphatic heterocycles. The highest BCUT2D eigenvalue weighted by molar-refractivity contribution is 6.24. The molecule has 4 rings (SSSR count). The Labute approximate surface area is 184 Å². The third kappa shape index (κ3) is 2.70. The minimum atomic E-state index is -2.54. The van der Waals surface area contributed by atoms with Crippen LogP contribution in [0.25, 0.3) is 0 Å². The zero-order valence-electron chi connectivity index (χ0n) is 18.1. The van der Waals surface area contributed by atoms with Crippen molar-refractivity contribution in [2.75, 3.05) is 19.0 Å². The molecule has 1 aromatic rings. The van der Waals surface area contributed by atoms with Crippen LogP contribution in [0.3, 0.4) is 0 Å². The quantitative estimate of drug-likeness (QED) is 0.436. The van der Waals surface area contributed by atoms with Crippen molar-refractivity contribution in [2.24, 2.45) is 17.6 Å².